The molecule has 2 unspecified atom stereocenters. The summed E-state index contributed by atoms with van der Waals surface area (Å²) in [6.45, 7) is 6.00. The van der Waals surface area contributed by atoms with Crippen LogP contribution < -0.4 is 0 Å². The van der Waals surface area contributed by atoms with E-state index < -0.39 is 0 Å². The molecule has 0 spiro atoms. The molecular formula is C11H18O3. The van der Waals surface area contributed by atoms with Crippen molar-refractivity contribution in [3.63, 3.8) is 0 Å². The molecule has 0 amide bonds. The third-order valence-corrected chi connectivity index (χ3v) is 3.08. The van der Waals surface area contributed by atoms with Crippen LogP contribution in [0.15, 0.2) is 11.6 Å². The highest BCUT2D eigenvalue weighted by Crippen LogP contribution is 2.59. The van der Waals surface area contributed by atoms with Crippen LogP contribution in [0, 0.1) is 17.3 Å². The van der Waals surface area contributed by atoms with Crippen LogP contribution in [0.5, 0.6) is 0 Å². The molecule has 3 heteroatoms. The monoisotopic (exact) mass is 198 g/mol. The summed E-state index contributed by atoms with van der Waals surface area (Å²) < 4.78 is 4.72. The van der Waals surface area contributed by atoms with Gasteiger partial charge in [0, 0.05) is 0 Å². The van der Waals surface area contributed by atoms with Gasteiger partial charge in [-0.25, -0.2) is 0 Å². The molecule has 0 aromatic heterocycles. The van der Waals surface area contributed by atoms with Gasteiger partial charge in [0.1, 0.15) is 0 Å². The van der Waals surface area contributed by atoms with E-state index in [0.717, 1.165) is 5.57 Å². The summed E-state index contributed by atoms with van der Waals surface area (Å²) >= 11 is 0. The normalized spacial score (nSPS) is 29.9. The van der Waals surface area contributed by atoms with Crippen molar-refractivity contribution in [1.29, 1.82) is 0 Å². The number of aliphatic hydroxyl groups is 1. The lowest BCUT2D eigenvalue weighted by molar-refractivity contribution is -0.143. The molecule has 0 saturated heterocycles. The number of allylic oxidation sites excluding steroid dienone is 1. The fraction of sp³-hybridized carbons (Fsp3) is 0.727. The van der Waals surface area contributed by atoms with Gasteiger partial charge in [0.15, 0.2) is 0 Å². The Hall–Kier alpha value is -0.830. The van der Waals surface area contributed by atoms with Crippen molar-refractivity contribution in [2.75, 3.05) is 13.7 Å². The highest BCUT2D eigenvalue weighted by Gasteiger charge is 2.61. The molecule has 2 atom stereocenters. The fourth-order valence-electron chi connectivity index (χ4n) is 1.93. The van der Waals surface area contributed by atoms with Gasteiger partial charge in [-0.2, -0.15) is 0 Å². The standard InChI is InChI=1S/C11H18O3/c1-7(6-12)5-8-9(10(13)14-4)11(8,2)3/h5,8-9,12H,6H2,1-4H3. The molecule has 3 nitrogen and oxygen atoms in total. The van der Waals surface area contributed by atoms with Gasteiger partial charge >= 0.3 is 5.97 Å². The minimum absolute atomic E-state index is 0.0243. The number of hydrogen-bond acceptors (Lipinski definition) is 3. The maximum Gasteiger partial charge on any atom is 0.309 e. The first-order valence-electron chi connectivity index (χ1n) is 4.81. The topological polar surface area (TPSA) is 46.5 Å². The number of esters is 1. The third-order valence-electron chi connectivity index (χ3n) is 3.08. The summed E-state index contributed by atoms with van der Waals surface area (Å²) in [7, 11) is 1.41. The van der Waals surface area contributed by atoms with Crippen molar-refractivity contribution in [3.8, 4) is 0 Å². The Kier molecular flexibility index (Phi) is 3.00. The number of methoxy groups -OCH3 is 1. The van der Waals surface area contributed by atoms with Crippen LogP contribution >= 0.6 is 0 Å². The molecular weight excluding hydrogens is 180 g/mol. The average molecular weight is 198 g/mol. The Bertz CT molecular complexity index is 266. The molecule has 1 fully saturated rings. The lowest BCUT2D eigenvalue weighted by Gasteiger charge is -1.99. The maximum atomic E-state index is 11.4. The second-order valence-electron chi connectivity index (χ2n) is 4.52. The highest BCUT2D eigenvalue weighted by atomic mass is 16.5. The summed E-state index contributed by atoms with van der Waals surface area (Å²) in [5.41, 5.74) is 0.887. The molecule has 1 N–H and O–H groups in total. The van der Waals surface area contributed by atoms with Gasteiger partial charge < -0.3 is 9.84 Å². The molecule has 0 aromatic rings. The summed E-state index contributed by atoms with van der Waals surface area (Å²) in [5.74, 6) is 0.0121. The second kappa shape index (κ2) is 3.73. The van der Waals surface area contributed by atoms with E-state index in [2.05, 4.69) is 0 Å². The summed E-state index contributed by atoms with van der Waals surface area (Å²) in [6.07, 6.45) is 1.97. The van der Waals surface area contributed by atoms with E-state index >= 15 is 0 Å². The van der Waals surface area contributed by atoms with E-state index in [9.17, 15) is 4.79 Å². The van der Waals surface area contributed by atoms with E-state index in [1.54, 1.807) is 0 Å². The Morgan fingerprint density at radius 1 is 1.57 bits per heavy atom. The molecule has 1 rings (SSSR count). The third kappa shape index (κ3) is 1.82. The van der Waals surface area contributed by atoms with Gasteiger partial charge in [-0.3, -0.25) is 4.79 Å². The van der Waals surface area contributed by atoms with E-state index in [4.69, 9.17) is 9.84 Å². The first kappa shape index (κ1) is 11.2. The average Bonchev–Trinajstić information content (AvgIpc) is 2.67. The largest absolute Gasteiger partial charge is 0.469 e. The minimum atomic E-state index is -0.151. The lowest BCUT2D eigenvalue weighted by Crippen LogP contribution is -2.07. The summed E-state index contributed by atoms with van der Waals surface area (Å²) in [4.78, 5) is 11.4. The van der Waals surface area contributed by atoms with E-state index in [0.29, 0.717) is 0 Å². The van der Waals surface area contributed by atoms with Crippen LogP contribution in [0.2, 0.25) is 0 Å². The minimum Gasteiger partial charge on any atom is -0.469 e. The van der Waals surface area contributed by atoms with E-state index in [-0.39, 0.29) is 29.8 Å². The predicted molar refractivity (Wildman–Crippen MR) is 53.6 cm³/mol. The lowest BCUT2D eigenvalue weighted by atomic mass is 10.1. The van der Waals surface area contributed by atoms with Crippen LogP contribution in [0.1, 0.15) is 20.8 Å². The second-order valence-corrected chi connectivity index (χ2v) is 4.52. The molecule has 0 radical (unpaired) electrons. The van der Waals surface area contributed by atoms with Gasteiger partial charge in [-0.05, 0) is 18.3 Å². The van der Waals surface area contributed by atoms with Crippen LogP contribution in [-0.4, -0.2) is 24.8 Å². The first-order chi connectivity index (χ1) is 6.45. The van der Waals surface area contributed by atoms with Crippen molar-refractivity contribution in [1.82, 2.24) is 0 Å². The van der Waals surface area contributed by atoms with Gasteiger partial charge in [0.2, 0.25) is 0 Å². The molecule has 0 heterocycles. The van der Waals surface area contributed by atoms with Gasteiger partial charge in [-0.1, -0.05) is 25.5 Å². The van der Waals surface area contributed by atoms with Crippen molar-refractivity contribution >= 4 is 5.97 Å². The Morgan fingerprint density at radius 3 is 2.57 bits per heavy atom. The van der Waals surface area contributed by atoms with Crippen LogP contribution in [0.3, 0.4) is 0 Å². The van der Waals surface area contributed by atoms with Gasteiger partial charge in [0.05, 0.1) is 19.6 Å². The quantitative estimate of drug-likeness (QED) is 0.550. The number of carbonyl (C=O) groups excluding carboxylic acids is 1. The number of carbonyl (C=O) groups is 1. The molecule has 0 bridgehead atoms. The zero-order chi connectivity index (χ0) is 10.9. The van der Waals surface area contributed by atoms with Crippen molar-refractivity contribution in [2.24, 2.45) is 17.3 Å². The Morgan fingerprint density at radius 2 is 2.14 bits per heavy atom. The Labute approximate surface area is 84.8 Å². The van der Waals surface area contributed by atoms with E-state index in [1.807, 2.05) is 26.8 Å². The molecule has 14 heavy (non-hydrogen) atoms. The summed E-state index contributed by atoms with van der Waals surface area (Å²) in [5, 5.41) is 8.88. The van der Waals surface area contributed by atoms with E-state index in [1.165, 1.54) is 7.11 Å². The van der Waals surface area contributed by atoms with Crippen molar-refractivity contribution in [3.05, 3.63) is 11.6 Å². The number of rotatable bonds is 3. The molecule has 0 aliphatic heterocycles. The van der Waals surface area contributed by atoms with Crippen molar-refractivity contribution < 1.29 is 14.6 Å². The summed E-state index contributed by atoms with van der Waals surface area (Å²) in [6, 6.07) is 0. The molecule has 1 saturated carbocycles. The molecule has 0 aromatic carbocycles. The van der Waals surface area contributed by atoms with Crippen LogP contribution in [-0.2, 0) is 9.53 Å². The molecule has 80 valence electrons. The van der Waals surface area contributed by atoms with Gasteiger partial charge in [-0.15, -0.1) is 0 Å². The SMILES string of the molecule is COC(=O)C1C(C=C(C)CO)C1(C)C. The number of hydrogen-bond donors (Lipinski definition) is 1. The van der Waals surface area contributed by atoms with Crippen LogP contribution in [0.4, 0.5) is 0 Å². The smallest absolute Gasteiger partial charge is 0.309 e. The Balaban J connectivity index is 2.71. The van der Waals surface area contributed by atoms with Crippen molar-refractivity contribution in [2.45, 2.75) is 20.8 Å². The molecule has 1 aliphatic rings. The number of ether oxygens (including phenoxy) is 1. The number of aliphatic hydroxyl groups excluding tert-OH is 1. The first-order valence-corrected chi connectivity index (χ1v) is 4.81. The molecule has 1 aliphatic carbocycles. The zero-order valence-corrected chi connectivity index (χ0v) is 9.20. The highest BCUT2D eigenvalue weighted by molar-refractivity contribution is 5.78. The van der Waals surface area contributed by atoms with Crippen LogP contribution in [0.25, 0.3) is 0 Å². The fourth-order valence-corrected chi connectivity index (χ4v) is 1.93. The van der Waals surface area contributed by atoms with Gasteiger partial charge in [0.25, 0.3) is 0 Å². The maximum absolute atomic E-state index is 11.4. The predicted octanol–water partition coefficient (Wildman–Crippen LogP) is 1.37. The zero-order valence-electron chi connectivity index (χ0n) is 9.20.